The summed E-state index contributed by atoms with van der Waals surface area (Å²) in [6, 6.07) is 14.1. The van der Waals surface area contributed by atoms with E-state index in [-0.39, 0.29) is 24.1 Å². The number of hydrogen-bond acceptors (Lipinski definition) is 9. The number of nitrogens with zero attached hydrogens (tertiary/aromatic N) is 4. The second kappa shape index (κ2) is 15.3. The number of rotatable bonds is 10. The number of carbonyl (C=O) groups excluding carboxylic acids is 3. The van der Waals surface area contributed by atoms with Crippen molar-refractivity contribution in [3.8, 4) is 0 Å². The van der Waals surface area contributed by atoms with Crippen LogP contribution in [0.1, 0.15) is 43.2 Å². The highest BCUT2D eigenvalue weighted by molar-refractivity contribution is 7.22. The van der Waals surface area contributed by atoms with Crippen molar-refractivity contribution >= 4 is 56.1 Å². The van der Waals surface area contributed by atoms with E-state index < -0.39 is 17.6 Å². The number of carbonyl (C=O) groups is 3. The SMILES string of the molecule is CC(C)(C)OC(=O)Nc1ccccc1NC(=O)c1ccc(CN(CCCN2CCOCC2)C(=O)Nc2nc3ccc(F)cc3s2)cn1. The Balaban J connectivity index is 1.24. The van der Waals surface area contributed by atoms with Crippen LogP contribution in [0.4, 0.5) is 30.5 Å². The molecule has 4 aromatic rings. The van der Waals surface area contributed by atoms with Crippen molar-refractivity contribution in [2.45, 2.75) is 39.3 Å². The maximum Gasteiger partial charge on any atom is 0.412 e. The van der Waals surface area contributed by atoms with Crippen molar-refractivity contribution in [1.82, 2.24) is 19.8 Å². The van der Waals surface area contributed by atoms with E-state index in [2.05, 4.69) is 30.8 Å². The summed E-state index contributed by atoms with van der Waals surface area (Å²) in [5, 5.41) is 8.68. The molecule has 1 aliphatic rings. The maximum absolute atomic E-state index is 13.7. The summed E-state index contributed by atoms with van der Waals surface area (Å²) in [4.78, 5) is 51.6. The van der Waals surface area contributed by atoms with Crippen LogP contribution in [0.2, 0.25) is 0 Å². The van der Waals surface area contributed by atoms with Crippen molar-refractivity contribution in [2.75, 3.05) is 55.3 Å². The van der Waals surface area contributed by atoms with Crippen LogP contribution < -0.4 is 16.0 Å². The fourth-order valence-corrected chi connectivity index (χ4v) is 5.74. The molecule has 2 aromatic heterocycles. The molecule has 248 valence electrons. The Morgan fingerprint density at radius 1 is 1.02 bits per heavy atom. The number of para-hydroxylation sites is 2. The molecule has 5 rings (SSSR count). The Morgan fingerprint density at radius 3 is 2.47 bits per heavy atom. The van der Waals surface area contributed by atoms with Gasteiger partial charge in [0.25, 0.3) is 5.91 Å². The van der Waals surface area contributed by atoms with Crippen LogP contribution >= 0.6 is 11.3 Å². The summed E-state index contributed by atoms with van der Waals surface area (Å²) < 4.78 is 25.1. The molecule has 1 aliphatic heterocycles. The number of pyridine rings is 1. The van der Waals surface area contributed by atoms with Gasteiger partial charge in [-0.3, -0.25) is 25.3 Å². The van der Waals surface area contributed by atoms with Crippen LogP contribution in [0, 0.1) is 5.82 Å². The highest BCUT2D eigenvalue weighted by Crippen LogP contribution is 2.27. The van der Waals surface area contributed by atoms with E-state index in [4.69, 9.17) is 9.47 Å². The van der Waals surface area contributed by atoms with Crippen molar-refractivity contribution in [2.24, 2.45) is 0 Å². The normalized spacial score (nSPS) is 13.6. The summed E-state index contributed by atoms with van der Waals surface area (Å²) in [6.45, 7) is 9.90. The Labute approximate surface area is 276 Å². The van der Waals surface area contributed by atoms with Gasteiger partial charge in [0.1, 0.15) is 17.1 Å². The molecular formula is C33H38FN7O5S. The van der Waals surface area contributed by atoms with Crippen molar-refractivity contribution in [3.63, 3.8) is 0 Å². The number of urea groups is 1. The second-order valence-corrected chi connectivity index (χ2v) is 13.0. The van der Waals surface area contributed by atoms with Crippen LogP contribution in [0.15, 0.2) is 60.8 Å². The number of nitrogens with one attached hydrogen (secondary N) is 3. The predicted octanol–water partition coefficient (Wildman–Crippen LogP) is 6.19. The van der Waals surface area contributed by atoms with Gasteiger partial charge in [0.05, 0.1) is 34.8 Å². The topological polar surface area (TPSA) is 138 Å². The molecule has 3 heterocycles. The standard InChI is InChI=1S/C33H38FN7O5S/c1-33(2,3)46-32(44)38-25-8-5-4-7-24(25)36-29(42)27-11-9-22(20-35-27)21-41(14-6-13-40-15-17-45-18-16-40)31(43)39-30-37-26-12-10-23(34)19-28(26)47-30/h4-5,7-12,19-20H,6,13-18,21H2,1-3H3,(H,36,42)(H,38,44)(H,37,39,43). The van der Waals surface area contributed by atoms with Gasteiger partial charge in [0, 0.05) is 38.9 Å². The molecule has 1 fully saturated rings. The van der Waals surface area contributed by atoms with Gasteiger partial charge in [-0.1, -0.05) is 29.5 Å². The first-order valence-corrected chi connectivity index (χ1v) is 16.1. The van der Waals surface area contributed by atoms with Crippen molar-refractivity contribution in [1.29, 1.82) is 0 Å². The van der Waals surface area contributed by atoms with Gasteiger partial charge < -0.3 is 19.7 Å². The lowest BCUT2D eigenvalue weighted by Gasteiger charge is -2.28. The molecule has 0 radical (unpaired) electrons. The Bertz CT molecular complexity index is 1700. The molecule has 0 atom stereocenters. The third-order valence-electron chi connectivity index (χ3n) is 7.10. The first-order valence-electron chi connectivity index (χ1n) is 15.3. The van der Waals surface area contributed by atoms with Gasteiger partial charge in [-0.15, -0.1) is 0 Å². The Kier molecular flexibility index (Phi) is 11.0. The number of anilines is 3. The highest BCUT2D eigenvalue weighted by atomic mass is 32.1. The fourth-order valence-electron chi connectivity index (χ4n) is 4.86. The molecule has 12 nitrogen and oxygen atoms in total. The van der Waals surface area contributed by atoms with Gasteiger partial charge in [0.2, 0.25) is 0 Å². The molecule has 1 saturated heterocycles. The Hall–Kier alpha value is -4.66. The predicted molar refractivity (Wildman–Crippen MR) is 179 cm³/mol. The lowest BCUT2D eigenvalue weighted by atomic mass is 10.2. The lowest BCUT2D eigenvalue weighted by molar-refractivity contribution is 0.0365. The van der Waals surface area contributed by atoms with Gasteiger partial charge >= 0.3 is 12.1 Å². The summed E-state index contributed by atoms with van der Waals surface area (Å²) in [5.74, 6) is -0.836. The quantitative estimate of drug-likeness (QED) is 0.183. The zero-order valence-electron chi connectivity index (χ0n) is 26.5. The third kappa shape index (κ3) is 9.91. The van der Waals surface area contributed by atoms with E-state index in [1.165, 1.54) is 23.5 Å². The highest BCUT2D eigenvalue weighted by Gasteiger charge is 2.20. The van der Waals surface area contributed by atoms with E-state index in [9.17, 15) is 18.8 Å². The lowest BCUT2D eigenvalue weighted by Crippen LogP contribution is -2.40. The summed E-state index contributed by atoms with van der Waals surface area (Å²) in [5.41, 5.74) is 1.57. The first kappa shape index (κ1) is 33.7. The van der Waals surface area contributed by atoms with Gasteiger partial charge in [-0.05, 0) is 69.2 Å². The minimum Gasteiger partial charge on any atom is -0.444 e. The van der Waals surface area contributed by atoms with Gasteiger partial charge in [-0.2, -0.15) is 0 Å². The van der Waals surface area contributed by atoms with E-state index in [0.717, 1.165) is 31.6 Å². The smallest absolute Gasteiger partial charge is 0.412 e. The number of aromatic nitrogens is 2. The fraction of sp³-hybridized carbons (Fsp3) is 0.364. The molecule has 0 saturated carbocycles. The van der Waals surface area contributed by atoms with Crippen LogP contribution in [0.25, 0.3) is 10.2 Å². The molecule has 0 spiro atoms. The van der Waals surface area contributed by atoms with Crippen LogP contribution in [-0.4, -0.2) is 82.8 Å². The van der Waals surface area contributed by atoms with E-state index in [0.29, 0.717) is 46.5 Å². The van der Waals surface area contributed by atoms with Crippen LogP contribution in [-0.2, 0) is 16.0 Å². The number of fused-ring (bicyclic) bond motifs is 1. The van der Waals surface area contributed by atoms with Crippen molar-refractivity contribution in [3.05, 3.63) is 77.9 Å². The van der Waals surface area contributed by atoms with Crippen molar-refractivity contribution < 1.29 is 28.2 Å². The third-order valence-corrected chi connectivity index (χ3v) is 8.03. The van der Waals surface area contributed by atoms with E-state index >= 15 is 0 Å². The minimum absolute atomic E-state index is 0.158. The first-order chi connectivity index (χ1) is 22.5. The second-order valence-electron chi connectivity index (χ2n) is 12.0. The number of morpholine rings is 1. The molecule has 4 amide bonds. The molecule has 3 N–H and O–H groups in total. The zero-order chi connectivity index (χ0) is 33.4. The van der Waals surface area contributed by atoms with E-state index in [1.54, 1.807) is 74.3 Å². The Morgan fingerprint density at radius 2 is 1.77 bits per heavy atom. The van der Waals surface area contributed by atoms with Gasteiger partial charge in [0.15, 0.2) is 5.13 Å². The average molecular weight is 664 g/mol. The van der Waals surface area contributed by atoms with Gasteiger partial charge in [-0.25, -0.2) is 19.0 Å². The molecule has 0 unspecified atom stereocenters. The molecule has 0 aliphatic carbocycles. The largest absolute Gasteiger partial charge is 0.444 e. The monoisotopic (exact) mass is 663 g/mol. The summed E-state index contributed by atoms with van der Waals surface area (Å²) in [7, 11) is 0. The average Bonchev–Trinajstić information content (AvgIpc) is 3.42. The number of ether oxygens (including phenoxy) is 2. The maximum atomic E-state index is 13.7. The summed E-state index contributed by atoms with van der Waals surface area (Å²) >= 11 is 1.20. The number of hydrogen-bond donors (Lipinski definition) is 3. The number of thiazole rings is 1. The molecule has 47 heavy (non-hydrogen) atoms. The number of halogens is 1. The van der Waals surface area contributed by atoms with Crippen LogP contribution in [0.3, 0.4) is 0 Å². The molecule has 2 aromatic carbocycles. The molecular weight excluding hydrogens is 625 g/mol. The van der Waals surface area contributed by atoms with Crippen LogP contribution in [0.5, 0.6) is 0 Å². The summed E-state index contributed by atoms with van der Waals surface area (Å²) in [6.07, 6.45) is 1.66. The number of benzene rings is 2. The van der Waals surface area contributed by atoms with E-state index in [1.807, 2.05) is 0 Å². The minimum atomic E-state index is -0.677. The molecule has 14 heteroatoms. The molecule has 0 bridgehead atoms. The number of amides is 4. The zero-order valence-corrected chi connectivity index (χ0v) is 27.4.